The quantitative estimate of drug-likeness (QED) is 0.455. The zero-order valence-corrected chi connectivity index (χ0v) is 17.3. The van der Waals surface area contributed by atoms with E-state index in [1.807, 2.05) is 43.3 Å². The Morgan fingerprint density at radius 3 is 2.31 bits per heavy atom. The number of aromatic nitrogens is 4. The highest BCUT2D eigenvalue weighted by Crippen LogP contribution is 2.41. The van der Waals surface area contributed by atoms with Gasteiger partial charge in [-0.05, 0) is 31.2 Å². The molecule has 0 spiro atoms. The van der Waals surface area contributed by atoms with E-state index in [0.29, 0.717) is 34.6 Å². The van der Waals surface area contributed by atoms with E-state index in [1.54, 1.807) is 25.8 Å². The summed E-state index contributed by atoms with van der Waals surface area (Å²) in [7, 11) is 4.72. The van der Waals surface area contributed by atoms with Crippen molar-refractivity contribution in [1.82, 2.24) is 19.8 Å². The van der Waals surface area contributed by atoms with Crippen LogP contribution in [0.25, 0.3) is 26.9 Å². The maximum absolute atomic E-state index is 5.74. The fourth-order valence-corrected chi connectivity index (χ4v) is 3.91. The number of para-hydroxylation sites is 1. The number of methoxy groups -OCH3 is 3. The van der Waals surface area contributed by atoms with Crippen molar-refractivity contribution >= 4 is 16.3 Å². The molecule has 0 N–H and O–H groups in total. The van der Waals surface area contributed by atoms with Crippen molar-refractivity contribution in [3.8, 4) is 45.0 Å². The first-order chi connectivity index (χ1) is 14.2. The second kappa shape index (κ2) is 7.96. The minimum Gasteiger partial charge on any atom is -0.493 e. The summed E-state index contributed by atoms with van der Waals surface area (Å²) in [5.41, 5.74) is 1.67. The van der Waals surface area contributed by atoms with Crippen molar-refractivity contribution in [1.29, 1.82) is 0 Å². The fraction of sp³-hybridized carbons (Fsp3) is 0.250. The second-order valence-corrected chi connectivity index (χ2v) is 6.92. The van der Waals surface area contributed by atoms with Crippen molar-refractivity contribution in [2.45, 2.75) is 6.92 Å². The molecular weight excluding hydrogens is 392 g/mol. The summed E-state index contributed by atoms with van der Waals surface area (Å²) in [6.07, 6.45) is 0. The molecule has 8 nitrogen and oxygen atoms in total. The van der Waals surface area contributed by atoms with Gasteiger partial charge in [-0.2, -0.15) is 9.61 Å². The molecule has 0 amide bonds. The van der Waals surface area contributed by atoms with E-state index in [0.717, 1.165) is 21.9 Å². The van der Waals surface area contributed by atoms with Crippen molar-refractivity contribution < 1.29 is 18.9 Å². The molecule has 0 aliphatic carbocycles. The molecule has 0 atom stereocenters. The molecule has 2 heterocycles. The molecular formula is C20H20N4O4S. The van der Waals surface area contributed by atoms with E-state index in [-0.39, 0.29) is 0 Å². The Kier molecular flexibility index (Phi) is 5.22. The summed E-state index contributed by atoms with van der Waals surface area (Å²) in [5, 5.41) is 14.1. The van der Waals surface area contributed by atoms with Crippen LogP contribution in [-0.4, -0.2) is 47.7 Å². The summed E-state index contributed by atoms with van der Waals surface area (Å²) >= 11 is 1.44. The lowest BCUT2D eigenvalue weighted by Crippen LogP contribution is -1.98. The van der Waals surface area contributed by atoms with Gasteiger partial charge in [0.1, 0.15) is 5.75 Å². The maximum atomic E-state index is 5.74. The van der Waals surface area contributed by atoms with Crippen LogP contribution in [0.1, 0.15) is 6.92 Å². The van der Waals surface area contributed by atoms with E-state index in [9.17, 15) is 0 Å². The molecule has 2 aromatic heterocycles. The van der Waals surface area contributed by atoms with Crippen LogP contribution in [0.4, 0.5) is 0 Å². The van der Waals surface area contributed by atoms with E-state index < -0.39 is 0 Å². The number of rotatable bonds is 7. The zero-order valence-electron chi connectivity index (χ0n) is 16.5. The number of ether oxygens (including phenoxy) is 4. The largest absolute Gasteiger partial charge is 0.493 e. The van der Waals surface area contributed by atoms with E-state index in [2.05, 4.69) is 10.2 Å². The van der Waals surface area contributed by atoms with Gasteiger partial charge in [0.05, 0.1) is 33.5 Å². The molecule has 4 rings (SSSR count). The number of hydrogen-bond donors (Lipinski definition) is 0. The minimum atomic E-state index is 0.518. The monoisotopic (exact) mass is 412 g/mol. The van der Waals surface area contributed by atoms with E-state index >= 15 is 0 Å². The standard InChI is InChI=1S/C20H20N4O4S/c1-5-28-14-9-7-6-8-13(14)19-23-24-18(21-22-20(24)29-19)12-10-15(25-2)17(27-4)16(11-12)26-3/h6-11H,5H2,1-4H3. The summed E-state index contributed by atoms with van der Waals surface area (Å²) in [6, 6.07) is 11.5. The lowest BCUT2D eigenvalue weighted by Gasteiger charge is -2.13. The van der Waals surface area contributed by atoms with Gasteiger partial charge in [0, 0.05) is 5.56 Å². The zero-order chi connectivity index (χ0) is 20.4. The molecule has 29 heavy (non-hydrogen) atoms. The third kappa shape index (κ3) is 3.33. The van der Waals surface area contributed by atoms with Crippen molar-refractivity contribution in [2.24, 2.45) is 0 Å². The molecule has 0 aliphatic rings. The van der Waals surface area contributed by atoms with Gasteiger partial charge in [-0.3, -0.25) is 0 Å². The van der Waals surface area contributed by atoms with Crippen LogP contribution < -0.4 is 18.9 Å². The normalized spacial score (nSPS) is 10.9. The van der Waals surface area contributed by atoms with Gasteiger partial charge in [0.25, 0.3) is 0 Å². The SMILES string of the molecule is CCOc1ccccc1-c1nn2c(-c3cc(OC)c(OC)c(OC)c3)nnc2s1. The van der Waals surface area contributed by atoms with E-state index in [4.69, 9.17) is 24.0 Å². The van der Waals surface area contributed by atoms with Gasteiger partial charge in [-0.1, -0.05) is 23.5 Å². The van der Waals surface area contributed by atoms with Crippen LogP contribution in [0.3, 0.4) is 0 Å². The van der Waals surface area contributed by atoms with Gasteiger partial charge in [0.2, 0.25) is 10.7 Å². The third-order valence-corrected chi connectivity index (χ3v) is 5.26. The first kappa shape index (κ1) is 19.0. The Hall–Kier alpha value is -3.33. The van der Waals surface area contributed by atoms with E-state index in [1.165, 1.54) is 11.3 Å². The van der Waals surface area contributed by atoms with Crippen molar-refractivity contribution in [2.75, 3.05) is 27.9 Å². The van der Waals surface area contributed by atoms with Crippen molar-refractivity contribution in [3.63, 3.8) is 0 Å². The topological polar surface area (TPSA) is 80.0 Å². The van der Waals surface area contributed by atoms with Crippen LogP contribution in [0.2, 0.25) is 0 Å². The summed E-state index contributed by atoms with van der Waals surface area (Å²) in [5.74, 6) is 2.96. The first-order valence-electron chi connectivity index (χ1n) is 8.95. The summed E-state index contributed by atoms with van der Waals surface area (Å²) in [4.78, 5) is 0.676. The minimum absolute atomic E-state index is 0.518. The Morgan fingerprint density at radius 1 is 0.931 bits per heavy atom. The molecule has 0 aliphatic heterocycles. The molecule has 9 heteroatoms. The molecule has 4 aromatic rings. The predicted octanol–water partition coefficient (Wildman–Crippen LogP) is 3.94. The molecule has 0 saturated heterocycles. The highest BCUT2D eigenvalue weighted by Gasteiger charge is 2.20. The van der Waals surface area contributed by atoms with Crippen LogP contribution in [0.5, 0.6) is 23.0 Å². The average Bonchev–Trinajstić information content (AvgIpc) is 3.34. The Morgan fingerprint density at radius 2 is 1.66 bits per heavy atom. The van der Waals surface area contributed by atoms with Crippen LogP contribution in [-0.2, 0) is 0 Å². The lowest BCUT2D eigenvalue weighted by atomic mass is 10.1. The first-order valence-corrected chi connectivity index (χ1v) is 9.76. The van der Waals surface area contributed by atoms with Gasteiger partial charge < -0.3 is 18.9 Å². The fourth-order valence-electron chi connectivity index (χ4n) is 3.04. The lowest BCUT2D eigenvalue weighted by molar-refractivity contribution is 0.324. The Bertz CT molecular complexity index is 1130. The van der Waals surface area contributed by atoms with Crippen LogP contribution in [0.15, 0.2) is 36.4 Å². The summed E-state index contributed by atoms with van der Waals surface area (Å²) in [6.45, 7) is 2.54. The average molecular weight is 412 g/mol. The predicted molar refractivity (Wildman–Crippen MR) is 110 cm³/mol. The molecule has 2 aromatic carbocycles. The molecule has 150 valence electrons. The number of benzene rings is 2. The van der Waals surface area contributed by atoms with Crippen LogP contribution in [0, 0.1) is 0 Å². The van der Waals surface area contributed by atoms with Crippen LogP contribution >= 0.6 is 11.3 Å². The Labute approximate surface area is 171 Å². The number of nitrogens with zero attached hydrogens (tertiary/aromatic N) is 4. The molecule has 0 saturated carbocycles. The molecule has 0 radical (unpaired) electrons. The molecule has 0 bridgehead atoms. The van der Waals surface area contributed by atoms with Gasteiger partial charge in [-0.25, -0.2) is 0 Å². The van der Waals surface area contributed by atoms with Crippen molar-refractivity contribution in [3.05, 3.63) is 36.4 Å². The van der Waals surface area contributed by atoms with Gasteiger partial charge in [-0.15, -0.1) is 10.2 Å². The highest BCUT2D eigenvalue weighted by atomic mass is 32.1. The molecule has 0 fully saturated rings. The van der Waals surface area contributed by atoms with Gasteiger partial charge >= 0.3 is 0 Å². The third-order valence-electron chi connectivity index (χ3n) is 4.33. The number of hydrogen-bond acceptors (Lipinski definition) is 8. The smallest absolute Gasteiger partial charge is 0.235 e. The van der Waals surface area contributed by atoms with Gasteiger partial charge in [0.15, 0.2) is 22.3 Å². The highest BCUT2D eigenvalue weighted by molar-refractivity contribution is 7.19. The molecule has 0 unspecified atom stereocenters. The maximum Gasteiger partial charge on any atom is 0.235 e. The second-order valence-electron chi connectivity index (χ2n) is 5.97. The number of fused-ring (bicyclic) bond motifs is 1. The summed E-state index contributed by atoms with van der Waals surface area (Å²) < 4.78 is 23.7. The Balaban J connectivity index is 1.84.